The molecule has 1 aliphatic rings. The zero-order valence-corrected chi connectivity index (χ0v) is 18.2. The number of hydrogen-bond acceptors (Lipinski definition) is 5. The van der Waals surface area contributed by atoms with E-state index in [1.54, 1.807) is 0 Å². The fraction of sp³-hybridized carbons (Fsp3) is 0.300. The first-order chi connectivity index (χ1) is 14.0. The minimum absolute atomic E-state index is 0.161. The van der Waals surface area contributed by atoms with Gasteiger partial charge in [0.25, 0.3) is 5.91 Å². The van der Waals surface area contributed by atoms with Crippen LogP contribution in [0.5, 0.6) is 5.75 Å². The van der Waals surface area contributed by atoms with E-state index in [2.05, 4.69) is 15.5 Å². The maximum Gasteiger partial charge on any atom is 0.261 e. The summed E-state index contributed by atoms with van der Waals surface area (Å²) in [6.45, 7) is 4.30. The lowest BCUT2D eigenvalue weighted by molar-refractivity contribution is 0.0342. The number of benzene rings is 2. The Balaban J connectivity index is 1.58. The summed E-state index contributed by atoms with van der Waals surface area (Å²) < 4.78 is 10.6. The third-order valence-corrected chi connectivity index (χ3v) is 5.11. The molecule has 1 amide bonds. The fourth-order valence-electron chi connectivity index (χ4n) is 2.98. The molecule has 0 spiro atoms. The average Bonchev–Trinajstić information content (AvgIpc) is 2.69. The van der Waals surface area contributed by atoms with Gasteiger partial charge < -0.3 is 14.8 Å². The van der Waals surface area contributed by atoms with Crippen LogP contribution in [-0.4, -0.2) is 49.3 Å². The van der Waals surface area contributed by atoms with Gasteiger partial charge in [-0.15, -0.1) is 0 Å². The third kappa shape index (κ3) is 6.04. The van der Waals surface area contributed by atoms with Gasteiger partial charge in [0, 0.05) is 30.3 Å². The van der Waals surface area contributed by atoms with Crippen LogP contribution in [-0.2, 0) is 11.3 Å². The summed E-state index contributed by atoms with van der Waals surface area (Å²) in [4.78, 5) is 14.9. The molecule has 2 N–H and O–H groups in total. The molecule has 1 aliphatic heterocycles. The molecule has 0 unspecified atom stereocenters. The van der Waals surface area contributed by atoms with Crippen LogP contribution < -0.4 is 15.4 Å². The molecular weight excluding hydrogens is 433 g/mol. The zero-order valence-electron chi connectivity index (χ0n) is 15.8. The Hall–Kier alpha value is -1.90. The van der Waals surface area contributed by atoms with Crippen LogP contribution in [0.4, 0.5) is 5.69 Å². The first kappa shape index (κ1) is 21.8. The van der Waals surface area contributed by atoms with Crippen LogP contribution in [0.1, 0.15) is 15.9 Å². The van der Waals surface area contributed by atoms with E-state index in [-0.39, 0.29) is 21.4 Å². The molecule has 0 atom stereocenters. The van der Waals surface area contributed by atoms with Crippen molar-refractivity contribution in [2.75, 3.05) is 38.7 Å². The molecule has 1 saturated heterocycles. The molecule has 0 saturated carbocycles. The molecule has 0 bridgehead atoms. The van der Waals surface area contributed by atoms with Crippen molar-refractivity contribution >= 4 is 52.1 Å². The average molecular weight is 454 g/mol. The van der Waals surface area contributed by atoms with Crippen molar-refractivity contribution in [2.24, 2.45) is 0 Å². The lowest BCUT2D eigenvalue weighted by Gasteiger charge is -2.26. The Morgan fingerprint density at radius 2 is 1.90 bits per heavy atom. The van der Waals surface area contributed by atoms with Gasteiger partial charge in [0.1, 0.15) is 5.75 Å². The topological polar surface area (TPSA) is 62.8 Å². The molecule has 1 heterocycles. The number of morpholine rings is 1. The fourth-order valence-corrected chi connectivity index (χ4v) is 3.76. The van der Waals surface area contributed by atoms with Gasteiger partial charge in [-0.1, -0.05) is 35.3 Å². The number of methoxy groups -OCH3 is 1. The molecule has 0 aliphatic carbocycles. The number of hydrogen-bond donors (Lipinski definition) is 2. The number of carbonyl (C=O) groups excluding carboxylic acids is 1. The summed E-state index contributed by atoms with van der Waals surface area (Å²) in [7, 11) is 1.43. The highest BCUT2D eigenvalue weighted by atomic mass is 35.5. The second kappa shape index (κ2) is 10.2. The van der Waals surface area contributed by atoms with Crippen LogP contribution in [0.15, 0.2) is 36.4 Å². The largest absolute Gasteiger partial charge is 0.494 e. The molecule has 6 nitrogen and oxygen atoms in total. The molecule has 0 aromatic heterocycles. The molecule has 29 heavy (non-hydrogen) atoms. The number of nitrogens with one attached hydrogen (secondary N) is 2. The summed E-state index contributed by atoms with van der Waals surface area (Å²) in [6, 6.07) is 10.9. The van der Waals surface area contributed by atoms with Crippen molar-refractivity contribution in [3.8, 4) is 5.75 Å². The van der Waals surface area contributed by atoms with Crippen LogP contribution in [0.25, 0.3) is 0 Å². The summed E-state index contributed by atoms with van der Waals surface area (Å²) in [5.74, 6) is -0.225. The highest BCUT2D eigenvalue weighted by Crippen LogP contribution is 2.32. The Morgan fingerprint density at radius 1 is 1.21 bits per heavy atom. The van der Waals surface area contributed by atoms with Crippen molar-refractivity contribution in [1.82, 2.24) is 10.2 Å². The summed E-state index contributed by atoms with van der Waals surface area (Å²) in [6.07, 6.45) is 0. The Labute approximate surface area is 185 Å². The maximum absolute atomic E-state index is 12.6. The van der Waals surface area contributed by atoms with Crippen molar-refractivity contribution in [1.29, 1.82) is 0 Å². The van der Waals surface area contributed by atoms with Gasteiger partial charge >= 0.3 is 0 Å². The molecule has 2 aromatic carbocycles. The molecule has 154 valence electrons. The van der Waals surface area contributed by atoms with Crippen molar-refractivity contribution < 1.29 is 14.3 Å². The van der Waals surface area contributed by atoms with E-state index < -0.39 is 5.91 Å². The monoisotopic (exact) mass is 453 g/mol. The standard InChI is InChI=1S/C20H21Cl2N3O3S/c1-27-18-16(10-14(21)11-17(18)22)19(26)24-20(29)23-15-4-2-13(3-5-15)12-25-6-8-28-9-7-25/h2-5,10-11H,6-9,12H2,1H3,(H2,23,24,26,29). The predicted octanol–water partition coefficient (Wildman–Crippen LogP) is 3.96. The van der Waals surface area contributed by atoms with Crippen LogP contribution in [0, 0.1) is 0 Å². The van der Waals surface area contributed by atoms with Gasteiger partial charge in [0.15, 0.2) is 5.11 Å². The van der Waals surface area contributed by atoms with Crippen LogP contribution in [0.3, 0.4) is 0 Å². The summed E-state index contributed by atoms with van der Waals surface area (Å²) >= 11 is 17.3. The zero-order chi connectivity index (χ0) is 20.8. The first-order valence-electron chi connectivity index (χ1n) is 9.00. The number of rotatable bonds is 5. The molecule has 1 fully saturated rings. The number of amides is 1. The second-order valence-corrected chi connectivity index (χ2v) is 7.71. The van der Waals surface area contributed by atoms with E-state index in [1.807, 2.05) is 24.3 Å². The maximum atomic E-state index is 12.6. The molecular formula is C20H21Cl2N3O3S. The predicted molar refractivity (Wildman–Crippen MR) is 119 cm³/mol. The van der Waals surface area contributed by atoms with Crippen LogP contribution in [0.2, 0.25) is 10.0 Å². The minimum atomic E-state index is -0.465. The molecule has 9 heteroatoms. The highest BCUT2D eigenvalue weighted by molar-refractivity contribution is 7.80. The Kier molecular flexibility index (Phi) is 7.69. The Morgan fingerprint density at radius 3 is 2.55 bits per heavy atom. The SMILES string of the molecule is COc1c(Cl)cc(Cl)cc1C(=O)NC(=S)Nc1ccc(CN2CCOCC2)cc1. The van der Waals surface area contributed by atoms with E-state index in [9.17, 15) is 4.79 Å². The highest BCUT2D eigenvalue weighted by Gasteiger charge is 2.18. The van der Waals surface area contributed by atoms with E-state index in [1.165, 1.54) is 24.8 Å². The lowest BCUT2D eigenvalue weighted by Crippen LogP contribution is -2.35. The van der Waals surface area contributed by atoms with E-state index in [0.717, 1.165) is 38.5 Å². The van der Waals surface area contributed by atoms with E-state index in [0.29, 0.717) is 5.02 Å². The van der Waals surface area contributed by atoms with E-state index in [4.69, 9.17) is 44.9 Å². The molecule has 2 aromatic rings. The number of carbonyl (C=O) groups is 1. The van der Waals surface area contributed by atoms with E-state index >= 15 is 0 Å². The summed E-state index contributed by atoms with van der Waals surface area (Å²) in [5, 5.41) is 6.36. The van der Waals surface area contributed by atoms with Gasteiger partial charge in [-0.25, -0.2) is 0 Å². The third-order valence-electron chi connectivity index (χ3n) is 4.41. The van der Waals surface area contributed by atoms with Gasteiger partial charge in [-0.2, -0.15) is 0 Å². The quantitative estimate of drug-likeness (QED) is 0.667. The number of thiocarbonyl (C=S) groups is 1. The lowest BCUT2D eigenvalue weighted by atomic mass is 10.2. The normalized spacial score (nSPS) is 14.3. The van der Waals surface area contributed by atoms with Crippen molar-refractivity contribution in [2.45, 2.75) is 6.54 Å². The van der Waals surface area contributed by atoms with Crippen molar-refractivity contribution in [3.05, 3.63) is 57.6 Å². The number of ether oxygens (including phenoxy) is 2. The van der Waals surface area contributed by atoms with Crippen LogP contribution >= 0.6 is 35.4 Å². The number of halogens is 2. The second-order valence-electron chi connectivity index (χ2n) is 6.46. The van der Waals surface area contributed by atoms with Gasteiger partial charge in [0.2, 0.25) is 0 Å². The van der Waals surface area contributed by atoms with Gasteiger partial charge in [0.05, 0.1) is 30.9 Å². The smallest absolute Gasteiger partial charge is 0.261 e. The number of anilines is 1. The molecule has 3 rings (SSSR count). The molecule has 0 radical (unpaired) electrons. The first-order valence-corrected chi connectivity index (χ1v) is 10.2. The Bertz CT molecular complexity index is 887. The minimum Gasteiger partial charge on any atom is -0.494 e. The van der Waals surface area contributed by atoms with Gasteiger partial charge in [-0.3, -0.25) is 15.0 Å². The number of nitrogens with zero attached hydrogens (tertiary/aromatic N) is 1. The van der Waals surface area contributed by atoms with Gasteiger partial charge in [-0.05, 0) is 42.0 Å². The van der Waals surface area contributed by atoms with Crippen molar-refractivity contribution in [3.63, 3.8) is 0 Å². The summed E-state index contributed by atoms with van der Waals surface area (Å²) in [5.41, 5.74) is 2.18.